The molecule has 2 aromatic rings. The van der Waals surface area contributed by atoms with E-state index < -0.39 is 16.8 Å². The van der Waals surface area contributed by atoms with E-state index in [0.717, 1.165) is 12.1 Å². The number of nitrogens with zero attached hydrogens (tertiary/aromatic N) is 3. The monoisotopic (exact) mass is 294 g/mol. The Balaban J connectivity index is 2.40. The Hall–Kier alpha value is -2.35. The second-order valence-electron chi connectivity index (χ2n) is 5.76. The number of non-ortho nitro benzene ring substituents is 1. The Kier molecular flexibility index (Phi) is 3.73. The molecule has 0 bridgehead atoms. The van der Waals surface area contributed by atoms with Crippen molar-refractivity contribution in [3.8, 4) is 11.5 Å². The lowest BCUT2D eigenvalue weighted by molar-refractivity contribution is -0.385. The first-order valence-corrected chi connectivity index (χ1v) is 6.23. The number of benzene rings is 1. The van der Waals surface area contributed by atoms with Crippen LogP contribution in [0, 0.1) is 21.3 Å². The van der Waals surface area contributed by atoms with E-state index in [1.54, 1.807) is 0 Å². The van der Waals surface area contributed by atoms with Crippen LogP contribution >= 0.6 is 0 Å². The molecule has 0 saturated heterocycles. The first-order chi connectivity index (χ1) is 9.68. The summed E-state index contributed by atoms with van der Waals surface area (Å²) in [6.07, 6.45) is 0. The van der Waals surface area contributed by atoms with Crippen molar-refractivity contribution in [2.45, 2.75) is 26.8 Å². The number of hydrogen-bond acceptors (Lipinski definition) is 6. The summed E-state index contributed by atoms with van der Waals surface area (Å²) in [5.74, 6) is -0.490. The lowest BCUT2D eigenvalue weighted by atomic mass is 9.87. The Morgan fingerprint density at radius 1 is 1.38 bits per heavy atom. The average Bonchev–Trinajstić information content (AvgIpc) is 2.85. The lowest BCUT2D eigenvalue weighted by Crippen LogP contribution is -2.27. The van der Waals surface area contributed by atoms with E-state index in [1.165, 1.54) is 6.07 Å². The third-order valence-electron chi connectivity index (χ3n) is 2.99. The van der Waals surface area contributed by atoms with Crippen LogP contribution in [0.4, 0.5) is 10.1 Å². The fraction of sp³-hybridized carbons (Fsp3) is 0.385. The molecule has 1 aromatic heterocycles. The molecule has 0 aliphatic carbocycles. The van der Waals surface area contributed by atoms with Gasteiger partial charge in [0.05, 0.1) is 17.0 Å². The van der Waals surface area contributed by atoms with Crippen LogP contribution in [-0.4, -0.2) is 15.1 Å². The number of aromatic nitrogens is 2. The second-order valence-corrected chi connectivity index (χ2v) is 5.76. The SMILES string of the molecule is CC(C)(C)C(N)c1noc(-c2cc(F)cc([N+](=O)[O-])c2)n1. The fourth-order valence-electron chi connectivity index (χ4n) is 1.67. The van der Waals surface area contributed by atoms with Crippen molar-refractivity contribution in [2.24, 2.45) is 11.1 Å². The van der Waals surface area contributed by atoms with Crippen molar-refractivity contribution < 1.29 is 13.8 Å². The van der Waals surface area contributed by atoms with Crippen LogP contribution in [0.1, 0.15) is 32.6 Å². The molecule has 0 aliphatic rings. The molecule has 112 valence electrons. The van der Waals surface area contributed by atoms with Crippen molar-refractivity contribution in [1.29, 1.82) is 0 Å². The second kappa shape index (κ2) is 5.21. The van der Waals surface area contributed by atoms with Crippen molar-refractivity contribution in [3.63, 3.8) is 0 Å². The van der Waals surface area contributed by atoms with Gasteiger partial charge in [0, 0.05) is 11.6 Å². The number of rotatable bonds is 3. The predicted molar refractivity (Wildman–Crippen MR) is 72.7 cm³/mol. The van der Waals surface area contributed by atoms with Gasteiger partial charge in [0.2, 0.25) is 0 Å². The summed E-state index contributed by atoms with van der Waals surface area (Å²) in [6.45, 7) is 5.75. The molecule has 21 heavy (non-hydrogen) atoms. The van der Waals surface area contributed by atoms with E-state index in [-0.39, 0.29) is 28.4 Å². The zero-order chi connectivity index (χ0) is 15.8. The van der Waals surface area contributed by atoms with Gasteiger partial charge in [0.15, 0.2) is 5.82 Å². The molecule has 2 rings (SSSR count). The molecular formula is C13H15FN4O3. The highest BCUT2D eigenvalue weighted by Crippen LogP contribution is 2.30. The van der Waals surface area contributed by atoms with Crippen LogP contribution in [0.5, 0.6) is 0 Å². The van der Waals surface area contributed by atoms with E-state index in [2.05, 4.69) is 10.1 Å². The molecule has 1 atom stereocenters. The number of nitro benzene ring substituents is 1. The summed E-state index contributed by atoms with van der Waals surface area (Å²) in [7, 11) is 0. The van der Waals surface area contributed by atoms with Crippen LogP contribution in [-0.2, 0) is 0 Å². The Morgan fingerprint density at radius 3 is 2.62 bits per heavy atom. The van der Waals surface area contributed by atoms with Crippen LogP contribution < -0.4 is 5.73 Å². The van der Waals surface area contributed by atoms with Crippen molar-refractivity contribution >= 4 is 5.69 Å². The van der Waals surface area contributed by atoms with E-state index in [9.17, 15) is 14.5 Å². The smallest absolute Gasteiger partial charge is 0.273 e. The molecule has 1 unspecified atom stereocenters. The summed E-state index contributed by atoms with van der Waals surface area (Å²) in [4.78, 5) is 14.1. The zero-order valence-corrected chi connectivity index (χ0v) is 11.8. The van der Waals surface area contributed by atoms with E-state index in [4.69, 9.17) is 10.3 Å². The fourth-order valence-corrected chi connectivity index (χ4v) is 1.67. The highest BCUT2D eigenvalue weighted by molar-refractivity contribution is 5.57. The summed E-state index contributed by atoms with van der Waals surface area (Å²) < 4.78 is 18.4. The summed E-state index contributed by atoms with van der Waals surface area (Å²) in [6, 6.07) is 2.61. The van der Waals surface area contributed by atoms with Gasteiger partial charge in [-0.15, -0.1) is 0 Å². The van der Waals surface area contributed by atoms with Crippen LogP contribution in [0.15, 0.2) is 22.7 Å². The minimum Gasteiger partial charge on any atom is -0.334 e. The molecular weight excluding hydrogens is 279 g/mol. The van der Waals surface area contributed by atoms with Crippen LogP contribution in [0.25, 0.3) is 11.5 Å². The number of nitro groups is 1. The van der Waals surface area contributed by atoms with Crippen molar-refractivity contribution in [1.82, 2.24) is 10.1 Å². The average molecular weight is 294 g/mol. The van der Waals surface area contributed by atoms with E-state index >= 15 is 0 Å². The van der Waals surface area contributed by atoms with Gasteiger partial charge in [-0.2, -0.15) is 4.98 Å². The van der Waals surface area contributed by atoms with Gasteiger partial charge in [-0.05, 0) is 11.5 Å². The van der Waals surface area contributed by atoms with Gasteiger partial charge < -0.3 is 10.3 Å². The maximum Gasteiger partial charge on any atom is 0.273 e. The molecule has 1 heterocycles. The van der Waals surface area contributed by atoms with Crippen molar-refractivity contribution in [3.05, 3.63) is 40.0 Å². The first-order valence-electron chi connectivity index (χ1n) is 6.23. The normalized spacial score (nSPS) is 13.2. The van der Waals surface area contributed by atoms with Gasteiger partial charge in [-0.1, -0.05) is 25.9 Å². The van der Waals surface area contributed by atoms with Gasteiger partial charge in [-0.25, -0.2) is 4.39 Å². The predicted octanol–water partition coefficient (Wildman–Crippen LogP) is 2.83. The van der Waals surface area contributed by atoms with Crippen LogP contribution in [0.2, 0.25) is 0 Å². The quantitative estimate of drug-likeness (QED) is 0.688. The molecule has 7 nitrogen and oxygen atoms in total. The maximum absolute atomic E-state index is 13.4. The van der Waals surface area contributed by atoms with Gasteiger partial charge in [-0.3, -0.25) is 10.1 Å². The third-order valence-corrected chi connectivity index (χ3v) is 2.99. The number of halogens is 1. The number of hydrogen-bond donors (Lipinski definition) is 1. The zero-order valence-electron chi connectivity index (χ0n) is 11.8. The summed E-state index contributed by atoms with van der Waals surface area (Å²) >= 11 is 0. The van der Waals surface area contributed by atoms with Gasteiger partial charge >= 0.3 is 0 Å². The first kappa shape index (κ1) is 15.0. The minimum absolute atomic E-state index is 0.00713. The Morgan fingerprint density at radius 2 is 2.05 bits per heavy atom. The van der Waals surface area contributed by atoms with E-state index in [1.807, 2.05) is 20.8 Å². The van der Waals surface area contributed by atoms with Crippen molar-refractivity contribution in [2.75, 3.05) is 0 Å². The van der Waals surface area contributed by atoms with E-state index in [0.29, 0.717) is 0 Å². The molecule has 8 heteroatoms. The molecule has 1 aromatic carbocycles. The Labute approximate surface area is 120 Å². The molecule has 0 aliphatic heterocycles. The summed E-state index contributed by atoms with van der Waals surface area (Å²) in [5, 5.41) is 14.5. The highest BCUT2D eigenvalue weighted by atomic mass is 19.1. The maximum atomic E-state index is 13.4. The third kappa shape index (κ3) is 3.22. The Bertz CT molecular complexity index is 678. The number of nitrogens with two attached hydrogens (primary N) is 1. The largest absolute Gasteiger partial charge is 0.334 e. The topological polar surface area (TPSA) is 108 Å². The minimum atomic E-state index is -0.751. The highest BCUT2D eigenvalue weighted by Gasteiger charge is 2.27. The molecule has 0 radical (unpaired) electrons. The molecule has 2 N–H and O–H groups in total. The standard InChI is InChI=1S/C13H15FN4O3/c1-13(2,3)10(15)11-16-12(21-17-11)7-4-8(14)6-9(5-7)18(19)20/h4-6,10H,15H2,1-3H3. The van der Waals surface area contributed by atoms with Gasteiger partial charge in [0.1, 0.15) is 5.82 Å². The molecule has 0 fully saturated rings. The van der Waals surface area contributed by atoms with Gasteiger partial charge in [0.25, 0.3) is 11.6 Å². The van der Waals surface area contributed by atoms with Crippen LogP contribution in [0.3, 0.4) is 0 Å². The summed E-state index contributed by atoms with van der Waals surface area (Å²) in [5.41, 5.74) is 5.48. The molecule has 0 amide bonds. The molecule has 0 spiro atoms. The lowest BCUT2D eigenvalue weighted by Gasteiger charge is -2.23. The molecule has 0 saturated carbocycles.